The molecular weight excluding hydrogens is 404 g/mol. The van der Waals surface area contributed by atoms with Gasteiger partial charge in [0.15, 0.2) is 0 Å². The molecule has 1 fully saturated rings. The molecule has 0 radical (unpaired) electrons. The summed E-state index contributed by atoms with van der Waals surface area (Å²) in [5, 5.41) is 9.20. The molecule has 33 heavy (non-hydrogen) atoms. The van der Waals surface area contributed by atoms with Gasteiger partial charge < -0.3 is 16.6 Å². The van der Waals surface area contributed by atoms with Crippen LogP contribution >= 0.6 is 0 Å². The molecule has 1 aromatic carbocycles. The van der Waals surface area contributed by atoms with Gasteiger partial charge in [-0.15, -0.1) is 0 Å². The Kier molecular flexibility index (Phi) is 17.5. The standard InChI is InChI=1S/C18H30O.C12H26N2/c1-2-3-4-5-6-7-8-9-10-11-12-17-13-15-18(19)16-14-17;1-9(13)6-11-4-3-5-12(8-11)7-10(2)14/h13-16,19H,2-12H2,1H3;9-12H,3-8,13-14H2,1-2H3. The highest BCUT2D eigenvalue weighted by Gasteiger charge is 2.23. The summed E-state index contributed by atoms with van der Waals surface area (Å²) in [6.07, 6.45) is 22.9. The van der Waals surface area contributed by atoms with Crippen LogP contribution in [0.25, 0.3) is 0 Å². The van der Waals surface area contributed by atoms with Crippen molar-refractivity contribution in [1.29, 1.82) is 0 Å². The summed E-state index contributed by atoms with van der Waals surface area (Å²) in [5.74, 6) is 2.10. The highest BCUT2D eigenvalue weighted by atomic mass is 16.3. The number of phenolic OH excluding ortho intramolecular Hbond substituents is 1. The maximum Gasteiger partial charge on any atom is 0.115 e. The molecule has 4 unspecified atom stereocenters. The van der Waals surface area contributed by atoms with Gasteiger partial charge in [-0.3, -0.25) is 0 Å². The zero-order valence-corrected chi connectivity index (χ0v) is 22.2. The summed E-state index contributed by atoms with van der Waals surface area (Å²) in [5.41, 5.74) is 13.0. The Morgan fingerprint density at radius 3 is 1.67 bits per heavy atom. The normalized spacial score (nSPS) is 20.0. The number of rotatable bonds is 15. The molecule has 0 saturated heterocycles. The lowest BCUT2D eigenvalue weighted by molar-refractivity contribution is 0.229. The van der Waals surface area contributed by atoms with Crippen molar-refractivity contribution >= 4 is 0 Å². The fourth-order valence-corrected chi connectivity index (χ4v) is 5.36. The van der Waals surface area contributed by atoms with Crippen LogP contribution in [0.5, 0.6) is 5.75 Å². The predicted molar refractivity (Wildman–Crippen MR) is 146 cm³/mol. The maximum absolute atomic E-state index is 9.20. The average Bonchev–Trinajstić information content (AvgIpc) is 2.76. The monoisotopic (exact) mass is 460 g/mol. The number of unbranched alkanes of at least 4 members (excludes halogenated alkanes) is 9. The third-order valence-corrected chi connectivity index (χ3v) is 7.06. The second-order valence-corrected chi connectivity index (χ2v) is 10.9. The van der Waals surface area contributed by atoms with Gasteiger partial charge in [0, 0.05) is 12.1 Å². The van der Waals surface area contributed by atoms with E-state index in [-0.39, 0.29) is 0 Å². The lowest BCUT2D eigenvalue weighted by atomic mass is 9.76. The zero-order chi connectivity index (χ0) is 24.3. The summed E-state index contributed by atoms with van der Waals surface area (Å²) in [7, 11) is 0. The van der Waals surface area contributed by atoms with Crippen LogP contribution in [0.1, 0.15) is 129 Å². The second kappa shape index (κ2) is 19.3. The average molecular weight is 461 g/mol. The minimum Gasteiger partial charge on any atom is -0.508 e. The van der Waals surface area contributed by atoms with Crippen molar-refractivity contribution < 1.29 is 5.11 Å². The van der Waals surface area contributed by atoms with E-state index in [1.165, 1.54) is 108 Å². The number of benzene rings is 1. The van der Waals surface area contributed by atoms with Crippen molar-refractivity contribution in [1.82, 2.24) is 0 Å². The molecule has 0 amide bonds. The molecule has 3 heteroatoms. The van der Waals surface area contributed by atoms with Gasteiger partial charge in [-0.1, -0.05) is 96.1 Å². The molecule has 0 heterocycles. The van der Waals surface area contributed by atoms with Crippen LogP contribution in [0.3, 0.4) is 0 Å². The van der Waals surface area contributed by atoms with Gasteiger partial charge in [-0.25, -0.2) is 0 Å². The first-order valence-corrected chi connectivity index (χ1v) is 14.2. The van der Waals surface area contributed by atoms with E-state index in [0.29, 0.717) is 17.8 Å². The van der Waals surface area contributed by atoms with Gasteiger partial charge >= 0.3 is 0 Å². The highest BCUT2D eigenvalue weighted by Crippen LogP contribution is 2.33. The van der Waals surface area contributed by atoms with Crippen molar-refractivity contribution in [2.24, 2.45) is 23.3 Å². The molecule has 0 aliphatic heterocycles. The molecule has 0 aromatic heterocycles. The fraction of sp³-hybridized carbons (Fsp3) is 0.800. The SMILES string of the molecule is CC(N)CC1CCCC(CC(C)N)C1.CCCCCCCCCCCCc1ccc(O)cc1. The summed E-state index contributed by atoms with van der Waals surface area (Å²) in [6, 6.07) is 8.37. The number of aromatic hydroxyl groups is 1. The third-order valence-electron chi connectivity index (χ3n) is 7.06. The second-order valence-electron chi connectivity index (χ2n) is 10.9. The number of hydrogen-bond donors (Lipinski definition) is 3. The smallest absolute Gasteiger partial charge is 0.115 e. The summed E-state index contributed by atoms with van der Waals surface area (Å²) >= 11 is 0. The Balaban J connectivity index is 0.000000346. The molecule has 1 aliphatic rings. The summed E-state index contributed by atoms with van der Waals surface area (Å²) < 4.78 is 0. The van der Waals surface area contributed by atoms with Crippen molar-refractivity contribution in [3.05, 3.63) is 29.8 Å². The molecule has 0 spiro atoms. The topological polar surface area (TPSA) is 72.3 Å². The Labute approximate surface area is 206 Å². The molecule has 3 nitrogen and oxygen atoms in total. The molecule has 4 atom stereocenters. The van der Waals surface area contributed by atoms with Crippen molar-refractivity contribution in [3.8, 4) is 5.75 Å². The third kappa shape index (κ3) is 17.1. The minimum atomic E-state index is 0.367. The number of aryl methyl sites for hydroxylation is 1. The number of nitrogens with two attached hydrogens (primary N) is 2. The Bertz CT molecular complexity index is 539. The van der Waals surface area contributed by atoms with Gasteiger partial charge in [-0.2, -0.15) is 0 Å². The molecule has 2 rings (SSSR count). The van der Waals surface area contributed by atoms with Gasteiger partial charge in [0.2, 0.25) is 0 Å². The Morgan fingerprint density at radius 2 is 1.21 bits per heavy atom. The first-order valence-electron chi connectivity index (χ1n) is 14.2. The van der Waals surface area contributed by atoms with Crippen LogP contribution in [0.15, 0.2) is 24.3 Å². The van der Waals surface area contributed by atoms with Crippen LogP contribution in [0, 0.1) is 11.8 Å². The lowest BCUT2D eigenvalue weighted by Gasteiger charge is -2.31. The molecule has 0 bridgehead atoms. The van der Waals surface area contributed by atoms with Crippen LogP contribution in [0.2, 0.25) is 0 Å². The van der Waals surface area contributed by atoms with E-state index in [4.69, 9.17) is 11.5 Å². The van der Waals surface area contributed by atoms with Crippen molar-refractivity contribution in [2.75, 3.05) is 0 Å². The number of hydrogen-bond acceptors (Lipinski definition) is 3. The van der Waals surface area contributed by atoms with Crippen LogP contribution in [-0.4, -0.2) is 17.2 Å². The fourth-order valence-electron chi connectivity index (χ4n) is 5.36. The quantitative estimate of drug-likeness (QED) is 0.231. The molecule has 5 N–H and O–H groups in total. The van der Waals surface area contributed by atoms with Gasteiger partial charge in [0.1, 0.15) is 5.75 Å². The van der Waals surface area contributed by atoms with E-state index in [0.717, 1.165) is 18.3 Å². The first kappa shape index (κ1) is 30.0. The minimum absolute atomic E-state index is 0.367. The van der Waals surface area contributed by atoms with Crippen molar-refractivity contribution in [3.63, 3.8) is 0 Å². The zero-order valence-electron chi connectivity index (χ0n) is 22.2. The van der Waals surface area contributed by atoms with E-state index in [2.05, 4.69) is 20.8 Å². The van der Waals surface area contributed by atoms with E-state index in [1.54, 1.807) is 12.1 Å². The number of phenols is 1. The van der Waals surface area contributed by atoms with E-state index in [1.807, 2.05) is 12.1 Å². The van der Waals surface area contributed by atoms with Crippen LogP contribution in [-0.2, 0) is 6.42 Å². The van der Waals surface area contributed by atoms with E-state index in [9.17, 15) is 5.11 Å². The summed E-state index contributed by atoms with van der Waals surface area (Å²) in [6.45, 7) is 6.51. The molecule has 1 saturated carbocycles. The van der Waals surface area contributed by atoms with E-state index < -0.39 is 0 Å². The molecule has 1 aliphatic carbocycles. The van der Waals surface area contributed by atoms with Crippen LogP contribution < -0.4 is 11.5 Å². The maximum atomic E-state index is 9.20. The van der Waals surface area contributed by atoms with Gasteiger partial charge in [0.25, 0.3) is 0 Å². The molecule has 192 valence electrons. The molecular formula is C30H56N2O. The Morgan fingerprint density at radius 1 is 0.758 bits per heavy atom. The lowest BCUT2D eigenvalue weighted by Crippen LogP contribution is -2.27. The van der Waals surface area contributed by atoms with Gasteiger partial charge in [0.05, 0.1) is 0 Å². The Hall–Kier alpha value is -1.06. The first-order chi connectivity index (χ1) is 15.9. The van der Waals surface area contributed by atoms with Crippen molar-refractivity contribution in [2.45, 2.75) is 142 Å². The molecule has 1 aromatic rings. The largest absolute Gasteiger partial charge is 0.508 e. The van der Waals surface area contributed by atoms with E-state index >= 15 is 0 Å². The predicted octanol–water partition coefficient (Wildman–Crippen LogP) is 8.12. The highest BCUT2D eigenvalue weighted by molar-refractivity contribution is 5.25. The van der Waals surface area contributed by atoms with Gasteiger partial charge in [-0.05, 0) is 75.5 Å². The van der Waals surface area contributed by atoms with Crippen LogP contribution in [0.4, 0.5) is 0 Å². The summed E-state index contributed by atoms with van der Waals surface area (Å²) in [4.78, 5) is 0.